The fourth-order valence-electron chi connectivity index (χ4n) is 4.34. The summed E-state index contributed by atoms with van der Waals surface area (Å²) in [5.74, 6) is 0.421. The zero-order chi connectivity index (χ0) is 26.7. The number of aromatic nitrogens is 1. The Morgan fingerprint density at radius 2 is 1.66 bits per heavy atom. The van der Waals surface area contributed by atoms with E-state index in [1.807, 2.05) is 66.7 Å². The van der Waals surface area contributed by atoms with Crippen molar-refractivity contribution in [3.05, 3.63) is 94.6 Å². The molecule has 1 saturated heterocycles. The molecule has 0 bridgehead atoms. The smallest absolute Gasteiger partial charge is 0.412 e. The molecule has 194 valence electrons. The van der Waals surface area contributed by atoms with Gasteiger partial charge in [-0.05, 0) is 31.0 Å². The first-order valence-corrected chi connectivity index (χ1v) is 12.4. The highest BCUT2D eigenvalue weighted by molar-refractivity contribution is 6.31. The molecule has 5 rings (SSSR count). The van der Waals surface area contributed by atoms with Gasteiger partial charge in [0.1, 0.15) is 17.5 Å². The Hall–Kier alpha value is -4.14. The quantitative estimate of drug-likeness (QED) is 0.253. The van der Waals surface area contributed by atoms with Crippen LogP contribution in [0.5, 0.6) is 0 Å². The minimum absolute atomic E-state index is 0.346. The topological polar surface area (TPSA) is 99.9 Å². The highest BCUT2D eigenvalue weighted by Crippen LogP contribution is 2.36. The maximum atomic E-state index is 12.7. The molecule has 0 aliphatic carbocycles. The van der Waals surface area contributed by atoms with Crippen molar-refractivity contribution >= 4 is 29.9 Å². The van der Waals surface area contributed by atoms with Crippen LogP contribution in [0.2, 0.25) is 5.02 Å². The van der Waals surface area contributed by atoms with Crippen molar-refractivity contribution in [3.63, 3.8) is 0 Å². The summed E-state index contributed by atoms with van der Waals surface area (Å²) in [5.41, 5.74) is 4.56. The number of nitrogens with zero attached hydrogens (tertiary/aromatic N) is 1. The SMILES string of the molecule is Cc1noc(-c2ccc(-c3ccc(C4(OC=O)COC4)cc3)cc2)c1NC(=O)O[C@H](C)c1ccccc1Cl. The molecule has 1 N–H and O–H groups in total. The number of amides is 1. The van der Waals surface area contributed by atoms with Gasteiger partial charge in [-0.1, -0.05) is 83.5 Å². The Balaban J connectivity index is 1.30. The number of benzene rings is 3. The standard InChI is InChI=1S/C29H25ClN2O6/c1-18-26(31-28(34)37-19(2)24-5-3-4-6-25(24)30)27(38-32-18)22-9-7-20(8-10-22)21-11-13-23(14-12-21)29(36-17-33)15-35-16-29/h3-14,17,19H,15-16H2,1-2H3,(H,31,34)/t19-/m1/s1. The minimum atomic E-state index is -0.704. The van der Waals surface area contributed by atoms with Gasteiger partial charge in [0.05, 0.1) is 13.2 Å². The lowest BCUT2D eigenvalue weighted by atomic mass is 9.90. The lowest BCUT2D eigenvalue weighted by Gasteiger charge is -2.39. The molecule has 9 heteroatoms. The minimum Gasteiger partial charge on any atom is -0.451 e. The molecule has 2 heterocycles. The van der Waals surface area contributed by atoms with E-state index in [1.165, 1.54) is 0 Å². The molecule has 3 aromatic carbocycles. The van der Waals surface area contributed by atoms with E-state index in [-0.39, 0.29) is 0 Å². The number of rotatable bonds is 8. The number of hydrogen-bond acceptors (Lipinski definition) is 7. The van der Waals surface area contributed by atoms with Crippen molar-refractivity contribution in [1.29, 1.82) is 0 Å². The number of anilines is 1. The van der Waals surface area contributed by atoms with Gasteiger partial charge in [0.15, 0.2) is 11.4 Å². The third-order valence-corrected chi connectivity index (χ3v) is 6.90. The lowest BCUT2D eigenvalue weighted by Crippen LogP contribution is -2.48. The Bertz CT molecular complexity index is 1440. The van der Waals surface area contributed by atoms with E-state index in [1.54, 1.807) is 19.9 Å². The summed E-state index contributed by atoms with van der Waals surface area (Å²) in [6, 6.07) is 22.7. The second kappa shape index (κ2) is 10.7. The molecule has 1 atom stereocenters. The predicted molar refractivity (Wildman–Crippen MR) is 142 cm³/mol. The maximum Gasteiger partial charge on any atom is 0.412 e. The van der Waals surface area contributed by atoms with Gasteiger partial charge in [-0.3, -0.25) is 10.1 Å². The number of hydrogen-bond donors (Lipinski definition) is 1. The largest absolute Gasteiger partial charge is 0.451 e. The first-order valence-electron chi connectivity index (χ1n) is 12.0. The molecule has 0 saturated carbocycles. The molecule has 4 aromatic rings. The number of nitrogens with one attached hydrogen (secondary N) is 1. The first-order chi connectivity index (χ1) is 18.4. The number of carbonyl (C=O) groups excluding carboxylic acids is 2. The van der Waals surface area contributed by atoms with Crippen LogP contribution in [0.15, 0.2) is 77.3 Å². The number of aryl methyl sites for hydroxylation is 1. The van der Waals surface area contributed by atoms with Gasteiger partial charge in [0, 0.05) is 21.7 Å². The third-order valence-electron chi connectivity index (χ3n) is 6.55. The third kappa shape index (κ3) is 5.01. The van der Waals surface area contributed by atoms with Crippen LogP contribution in [-0.4, -0.2) is 30.9 Å². The average Bonchev–Trinajstić information content (AvgIpc) is 3.26. The molecule has 38 heavy (non-hydrogen) atoms. The van der Waals surface area contributed by atoms with E-state index in [0.29, 0.717) is 47.4 Å². The zero-order valence-corrected chi connectivity index (χ0v) is 21.5. The molecule has 1 fully saturated rings. The fraction of sp³-hybridized carbons (Fsp3) is 0.207. The summed E-state index contributed by atoms with van der Waals surface area (Å²) in [4.78, 5) is 23.6. The number of halogens is 1. The summed E-state index contributed by atoms with van der Waals surface area (Å²) >= 11 is 6.22. The Labute approximate surface area is 224 Å². The van der Waals surface area contributed by atoms with Crippen LogP contribution in [0.1, 0.15) is 29.8 Å². The van der Waals surface area contributed by atoms with Crippen LogP contribution in [0, 0.1) is 6.92 Å². The average molecular weight is 533 g/mol. The summed E-state index contributed by atoms with van der Waals surface area (Å²) in [6.07, 6.45) is -1.19. The van der Waals surface area contributed by atoms with Crippen LogP contribution in [0.3, 0.4) is 0 Å². The molecule has 0 unspecified atom stereocenters. The molecule has 1 aromatic heterocycles. The van der Waals surface area contributed by atoms with Crippen molar-refractivity contribution in [2.45, 2.75) is 25.6 Å². The zero-order valence-electron chi connectivity index (χ0n) is 20.8. The fourth-order valence-corrected chi connectivity index (χ4v) is 4.63. The Morgan fingerprint density at radius 3 is 2.26 bits per heavy atom. The summed E-state index contributed by atoms with van der Waals surface area (Å²) in [7, 11) is 0. The van der Waals surface area contributed by atoms with Gasteiger partial charge < -0.3 is 18.7 Å². The highest BCUT2D eigenvalue weighted by atomic mass is 35.5. The Kier molecular flexibility index (Phi) is 7.18. The summed E-state index contributed by atoms with van der Waals surface area (Å²) in [5, 5.41) is 7.31. The molecule has 1 aliphatic rings. The van der Waals surface area contributed by atoms with E-state index in [0.717, 1.165) is 22.3 Å². The van der Waals surface area contributed by atoms with E-state index < -0.39 is 17.8 Å². The predicted octanol–water partition coefficient (Wildman–Crippen LogP) is 6.68. The molecule has 0 radical (unpaired) electrons. The van der Waals surface area contributed by atoms with Crippen LogP contribution in [0.25, 0.3) is 22.5 Å². The second-order valence-electron chi connectivity index (χ2n) is 9.02. The van der Waals surface area contributed by atoms with Gasteiger partial charge in [-0.25, -0.2) is 4.79 Å². The molecule has 1 amide bonds. The van der Waals surface area contributed by atoms with Gasteiger partial charge in [0.25, 0.3) is 6.47 Å². The molecule has 1 aliphatic heterocycles. The maximum absolute atomic E-state index is 12.7. The van der Waals surface area contributed by atoms with Gasteiger partial charge in [-0.15, -0.1) is 0 Å². The van der Waals surface area contributed by atoms with E-state index >= 15 is 0 Å². The van der Waals surface area contributed by atoms with Crippen LogP contribution >= 0.6 is 11.6 Å². The molecule has 8 nitrogen and oxygen atoms in total. The van der Waals surface area contributed by atoms with Gasteiger partial charge in [-0.2, -0.15) is 0 Å². The van der Waals surface area contributed by atoms with Crippen molar-refractivity contribution < 1.29 is 28.3 Å². The molecule has 0 spiro atoms. The van der Waals surface area contributed by atoms with Crippen molar-refractivity contribution in [1.82, 2.24) is 5.16 Å². The monoisotopic (exact) mass is 532 g/mol. The van der Waals surface area contributed by atoms with Crippen LogP contribution in [-0.2, 0) is 24.6 Å². The highest BCUT2D eigenvalue weighted by Gasteiger charge is 2.42. The van der Waals surface area contributed by atoms with Crippen molar-refractivity contribution in [2.75, 3.05) is 18.5 Å². The number of carbonyl (C=O) groups is 2. The number of ether oxygens (including phenoxy) is 3. The summed E-state index contributed by atoms with van der Waals surface area (Å²) < 4.78 is 21.6. The van der Waals surface area contributed by atoms with Crippen LogP contribution < -0.4 is 5.32 Å². The van der Waals surface area contributed by atoms with E-state index in [2.05, 4.69) is 10.5 Å². The lowest BCUT2D eigenvalue weighted by molar-refractivity contribution is -0.207. The normalized spacial score (nSPS) is 14.7. The van der Waals surface area contributed by atoms with Crippen molar-refractivity contribution in [3.8, 4) is 22.5 Å². The van der Waals surface area contributed by atoms with E-state index in [9.17, 15) is 9.59 Å². The first kappa shape index (κ1) is 25.5. The second-order valence-corrected chi connectivity index (χ2v) is 9.43. The molecular formula is C29H25ClN2O6. The van der Waals surface area contributed by atoms with Crippen LogP contribution in [0.4, 0.5) is 10.5 Å². The molecular weight excluding hydrogens is 508 g/mol. The Morgan fingerprint density at radius 1 is 1.03 bits per heavy atom. The van der Waals surface area contributed by atoms with Gasteiger partial charge >= 0.3 is 6.09 Å². The van der Waals surface area contributed by atoms with E-state index in [4.69, 9.17) is 30.3 Å². The van der Waals surface area contributed by atoms with Crippen molar-refractivity contribution in [2.24, 2.45) is 0 Å². The van der Waals surface area contributed by atoms with Gasteiger partial charge in [0.2, 0.25) is 0 Å². The summed E-state index contributed by atoms with van der Waals surface area (Å²) in [6.45, 7) is 4.65.